The zero-order valence-electron chi connectivity index (χ0n) is 13.0. The zero-order valence-corrected chi connectivity index (χ0v) is 15.4. The third kappa shape index (κ3) is 3.46. The molecule has 3 aromatic rings. The highest BCUT2D eigenvalue weighted by Gasteiger charge is 2.17. The third-order valence-corrected chi connectivity index (χ3v) is 6.05. The van der Waals surface area contributed by atoms with E-state index in [4.69, 9.17) is 0 Å². The number of rotatable bonds is 4. The number of carbonyl (C=O) groups excluding carboxylic acids is 1. The lowest BCUT2D eigenvalue weighted by Gasteiger charge is -1.99. The van der Waals surface area contributed by atoms with Gasteiger partial charge in [-0.15, -0.1) is 22.7 Å². The second-order valence-corrected chi connectivity index (χ2v) is 7.89. The second kappa shape index (κ2) is 7.09. The van der Waals surface area contributed by atoms with Crippen LogP contribution in [-0.4, -0.2) is 10.9 Å². The second-order valence-electron chi connectivity index (χ2n) is 4.99. The van der Waals surface area contributed by atoms with Crippen LogP contribution in [0.15, 0.2) is 29.0 Å². The van der Waals surface area contributed by atoms with Crippen LogP contribution in [0.5, 0.6) is 0 Å². The number of aromatic nitrogens is 1. The summed E-state index contributed by atoms with van der Waals surface area (Å²) in [4.78, 5) is 18.1. The van der Waals surface area contributed by atoms with E-state index in [1.54, 1.807) is 22.7 Å². The van der Waals surface area contributed by atoms with Gasteiger partial charge in [-0.05, 0) is 41.5 Å². The summed E-state index contributed by atoms with van der Waals surface area (Å²) in [5.41, 5.74) is 2.34. The number of nitrogens with one attached hydrogen (secondary N) is 1. The SMILES string of the molecule is CC(=O)Nc1sc(C(C#N)=Cc2sccc2C)nc1-c1cccs1. The number of aryl methyl sites for hydroxylation is 1. The van der Waals surface area contributed by atoms with Crippen LogP contribution in [0.2, 0.25) is 0 Å². The van der Waals surface area contributed by atoms with Gasteiger partial charge in [0.05, 0.1) is 10.5 Å². The Morgan fingerprint density at radius 3 is 2.75 bits per heavy atom. The highest BCUT2D eigenvalue weighted by molar-refractivity contribution is 7.19. The summed E-state index contributed by atoms with van der Waals surface area (Å²) in [7, 11) is 0. The van der Waals surface area contributed by atoms with E-state index in [1.807, 2.05) is 42.0 Å². The predicted molar refractivity (Wildman–Crippen MR) is 102 cm³/mol. The van der Waals surface area contributed by atoms with Crippen LogP contribution in [-0.2, 0) is 4.79 Å². The molecule has 0 spiro atoms. The molecule has 0 fully saturated rings. The number of allylic oxidation sites excluding steroid dienone is 1. The van der Waals surface area contributed by atoms with Crippen LogP contribution in [0.1, 0.15) is 22.4 Å². The fraction of sp³-hybridized carbons (Fsp3) is 0.118. The van der Waals surface area contributed by atoms with E-state index in [-0.39, 0.29) is 5.91 Å². The Morgan fingerprint density at radius 2 is 2.17 bits per heavy atom. The average molecular weight is 372 g/mol. The van der Waals surface area contributed by atoms with Crippen molar-refractivity contribution < 1.29 is 4.79 Å². The predicted octanol–water partition coefficient (Wildman–Crippen LogP) is 5.26. The maximum atomic E-state index is 11.5. The molecule has 0 radical (unpaired) electrons. The Balaban J connectivity index is 2.08. The third-order valence-electron chi connectivity index (χ3n) is 3.20. The van der Waals surface area contributed by atoms with Gasteiger partial charge >= 0.3 is 0 Å². The van der Waals surface area contributed by atoms with Gasteiger partial charge in [0.25, 0.3) is 0 Å². The number of hydrogen-bond donors (Lipinski definition) is 1. The van der Waals surface area contributed by atoms with Gasteiger partial charge in [0, 0.05) is 11.8 Å². The topological polar surface area (TPSA) is 65.8 Å². The van der Waals surface area contributed by atoms with Crippen LogP contribution >= 0.6 is 34.0 Å². The lowest BCUT2D eigenvalue weighted by atomic mass is 10.2. The minimum Gasteiger partial charge on any atom is -0.316 e. The van der Waals surface area contributed by atoms with E-state index >= 15 is 0 Å². The molecule has 0 atom stereocenters. The Labute approximate surface area is 151 Å². The number of nitrogens with zero attached hydrogens (tertiary/aromatic N) is 2. The first-order valence-electron chi connectivity index (χ1n) is 7.07. The number of amides is 1. The van der Waals surface area contributed by atoms with Gasteiger partial charge in [0.15, 0.2) is 0 Å². The summed E-state index contributed by atoms with van der Waals surface area (Å²) >= 11 is 4.46. The van der Waals surface area contributed by atoms with Crippen molar-refractivity contribution in [2.45, 2.75) is 13.8 Å². The number of thiophene rings is 2. The highest BCUT2D eigenvalue weighted by atomic mass is 32.1. The summed E-state index contributed by atoms with van der Waals surface area (Å²) in [5, 5.41) is 17.6. The van der Waals surface area contributed by atoms with Gasteiger partial charge in [0.1, 0.15) is 21.8 Å². The van der Waals surface area contributed by atoms with Crippen LogP contribution < -0.4 is 5.32 Å². The van der Waals surface area contributed by atoms with E-state index in [2.05, 4.69) is 16.4 Å². The lowest BCUT2D eigenvalue weighted by molar-refractivity contribution is -0.114. The van der Waals surface area contributed by atoms with Gasteiger partial charge in [-0.2, -0.15) is 5.26 Å². The van der Waals surface area contributed by atoms with E-state index in [1.165, 1.54) is 18.3 Å². The molecule has 0 bridgehead atoms. The summed E-state index contributed by atoms with van der Waals surface area (Å²) in [6.07, 6.45) is 1.86. The van der Waals surface area contributed by atoms with Gasteiger partial charge in [-0.1, -0.05) is 17.4 Å². The van der Waals surface area contributed by atoms with Crippen LogP contribution in [0.25, 0.3) is 22.2 Å². The van der Waals surface area contributed by atoms with Gasteiger partial charge < -0.3 is 5.32 Å². The molecule has 0 saturated carbocycles. The molecule has 0 aliphatic carbocycles. The first-order chi connectivity index (χ1) is 11.6. The first-order valence-corrected chi connectivity index (χ1v) is 9.64. The van der Waals surface area contributed by atoms with E-state index in [9.17, 15) is 10.1 Å². The van der Waals surface area contributed by atoms with Crippen molar-refractivity contribution in [1.29, 1.82) is 5.26 Å². The van der Waals surface area contributed by atoms with Crippen molar-refractivity contribution in [1.82, 2.24) is 4.98 Å². The molecule has 4 nitrogen and oxygen atoms in total. The van der Waals surface area contributed by atoms with Gasteiger partial charge in [0.2, 0.25) is 5.91 Å². The summed E-state index contributed by atoms with van der Waals surface area (Å²) < 4.78 is 0. The summed E-state index contributed by atoms with van der Waals surface area (Å²) in [5.74, 6) is -0.153. The van der Waals surface area contributed by atoms with Crippen molar-refractivity contribution in [3.63, 3.8) is 0 Å². The minimum absolute atomic E-state index is 0.153. The Kier molecular flexibility index (Phi) is 4.90. The Bertz CT molecular complexity index is 942. The van der Waals surface area contributed by atoms with E-state index < -0.39 is 0 Å². The largest absolute Gasteiger partial charge is 0.316 e. The Morgan fingerprint density at radius 1 is 1.33 bits per heavy atom. The van der Waals surface area contributed by atoms with Crippen molar-refractivity contribution in [3.05, 3.63) is 44.4 Å². The molecule has 0 aromatic carbocycles. The van der Waals surface area contributed by atoms with Crippen LogP contribution in [0.4, 0.5) is 5.00 Å². The molecule has 0 unspecified atom stereocenters. The molecule has 120 valence electrons. The quantitative estimate of drug-likeness (QED) is 0.636. The zero-order chi connectivity index (χ0) is 17.1. The van der Waals surface area contributed by atoms with Gasteiger partial charge in [-0.3, -0.25) is 4.79 Å². The molecule has 24 heavy (non-hydrogen) atoms. The van der Waals surface area contributed by atoms with Crippen molar-refractivity contribution in [3.8, 4) is 16.6 Å². The monoisotopic (exact) mass is 371 g/mol. The molecule has 3 rings (SSSR count). The molecule has 0 saturated heterocycles. The molecule has 7 heteroatoms. The van der Waals surface area contributed by atoms with E-state index in [0.717, 1.165) is 15.3 Å². The van der Waals surface area contributed by atoms with Crippen LogP contribution in [0, 0.1) is 18.3 Å². The number of anilines is 1. The maximum Gasteiger partial charge on any atom is 0.221 e. The smallest absolute Gasteiger partial charge is 0.221 e. The minimum atomic E-state index is -0.153. The fourth-order valence-electron chi connectivity index (χ4n) is 2.07. The Hall–Kier alpha value is -2.27. The van der Waals surface area contributed by atoms with Gasteiger partial charge in [-0.25, -0.2) is 4.98 Å². The molecular weight excluding hydrogens is 358 g/mol. The molecule has 3 aromatic heterocycles. The van der Waals surface area contributed by atoms with Crippen molar-refractivity contribution in [2.75, 3.05) is 5.32 Å². The molecule has 1 amide bonds. The number of carbonyl (C=O) groups is 1. The fourth-order valence-corrected chi connectivity index (χ4v) is 4.70. The summed E-state index contributed by atoms with van der Waals surface area (Å²) in [6, 6.07) is 8.14. The molecule has 0 aliphatic rings. The number of hydrogen-bond acceptors (Lipinski definition) is 6. The highest BCUT2D eigenvalue weighted by Crippen LogP contribution is 2.38. The summed E-state index contributed by atoms with van der Waals surface area (Å²) in [6.45, 7) is 3.48. The standard InChI is InChI=1S/C17H13N3OS3/c1-10-5-7-23-14(10)8-12(9-18)16-20-15(13-4-3-6-22-13)17(24-16)19-11(2)21/h3-8H,1-2H3,(H,19,21). The van der Waals surface area contributed by atoms with Crippen molar-refractivity contribution in [2.24, 2.45) is 0 Å². The molecule has 3 heterocycles. The maximum absolute atomic E-state index is 11.5. The lowest BCUT2D eigenvalue weighted by Crippen LogP contribution is -2.04. The normalized spacial score (nSPS) is 11.3. The van der Waals surface area contributed by atoms with Crippen molar-refractivity contribution >= 4 is 56.6 Å². The molecule has 1 N–H and O–H groups in total. The van der Waals surface area contributed by atoms with E-state index in [0.29, 0.717) is 21.3 Å². The number of nitriles is 1. The first kappa shape index (κ1) is 16.6. The average Bonchev–Trinajstić information content (AvgIpc) is 3.25. The van der Waals surface area contributed by atoms with Crippen LogP contribution in [0.3, 0.4) is 0 Å². The molecule has 0 aliphatic heterocycles. The molecular formula is C17H13N3OS3. The number of thiazole rings is 1.